The summed E-state index contributed by atoms with van der Waals surface area (Å²) in [5.41, 5.74) is 5.50. The van der Waals surface area contributed by atoms with Gasteiger partial charge in [-0.15, -0.1) is 0 Å². The zero-order chi connectivity index (χ0) is 12.8. The van der Waals surface area contributed by atoms with Gasteiger partial charge in [-0.1, -0.05) is 48.5 Å². The zero-order valence-corrected chi connectivity index (χ0v) is 10.8. The van der Waals surface area contributed by atoms with Gasteiger partial charge in [-0.25, -0.2) is 9.13 Å². The second kappa shape index (κ2) is 3.82. The molecule has 2 nitrogen and oxygen atoms in total. The van der Waals surface area contributed by atoms with E-state index in [4.69, 9.17) is 0 Å². The SMILES string of the molecule is C[n+]1ccn(C2c3ccccc3-c3ccccc32)c1. The Labute approximate surface area is 112 Å². The molecule has 0 saturated heterocycles. The molecule has 0 saturated carbocycles. The molecule has 1 aromatic heterocycles. The summed E-state index contributed by atoms with van der Waals surface area (Å²) >= 11 is 0. The number of aromatic nitrogens is 2. The number of aryl methyl sites for hydroxylation is 1. The Hall–Kier alpha value is -2.35. The van der Waals surface area contributed by atoms with Crippen molar-refractivity contribution in [2.24, 2.45) is 7.05 Å². The highest BCUT2D eigenvalue weighted by Crippen LogP contribution is 2.44. The molecule has 1 heterocycles. The molecule has 0 spiro atoms. The fraction of sp³-hybridized carbons (Fsp3) is 0.118. The van der Waals surface area contributed by atoms with E-state index in [2.05, 4.69) is 83.4 Å². The summed E-state index contributed by atoms with van der Waals surface area (Å²) < 4.78 is 4.37. The predicted molar refractivity (Wildman–Crippen MR) is 74.7 cm³/mol. The van der Waals surface area contributed by atoms with E-state index >= 15 is 0 Å². The van der Waals surface area contributed by atoms with Gasteiger partial charge in [0.05, 0.1) is 7.05 Å². The summed E-state index contributed by atoms with van der Waals surface area (Å²) in [5, 5.41) is 0. The number of benzene rings is 2. The molecule has 19 heavy (non-hydrogen) atoms. The summed E-state index contributed by atoms with van der Waals surface area (Å²) in [7, 11) is 2.06. The highest BCUT2D eigenvalue weighted by Gasteiger charge is 2.32. The Morgan fingerprint density at radius 3 is 2.00 bits per heavy atom. The molecule has 0 bridgehead atoms. The summed E-state index contributed by atoms with van der Waals surface area (Å²) in [4.78, 5) is 0. The Balaban J connectivity index is 2.01. The number of fused-ring (bicyclic) bond motifs is 3. The van der Waals surface area contributed by atoms with Gasteiger partial charge in [0.25, 0.3) is 0 Å². The van der Waals surface area contributed by atoms with Crippen LogP contribution in [0.2, 0.25) is 0 Å². The molecule has 0 fully saturated rings. The molecule has 0 unspecified atom stereocenters. The van der Waals surface area contributed by atoms with Crippen LogP contribution in [-0.2, 0) is 7.05 Å². The molecule has 0 radical (unpaired) electrons. The van der Waals surface area contributed by atoms with Crippen LogP contribution in [0.3, 0.4) is 0 Å². The van der Waals surface area contributed by atoms with Crippen LogP contribution in [0.1, 0.15) is 17.2 Å². The lowest BCUT2D eigenvalue weighted by molar-refractivity contribution is -0.671. The van der Waals surface area contributed by atoms with Crippen molar-refractivity contribution < 1.29 is 4.57 Å². The summed E-state index contributed by atoms with van der Waals surface area (Å²) in [6, 6.07) is 17.7. The Morgan fingerprint density at radius 1 is 0.895 bits per heavy atom. The van der Waals surface area contributed by atoms with Crippen molar-refractivity contribution in [3.05, 3.63) is 78.4 Å². The molecular formula is C17H15N2+. The molecule has 1 aliphatic rings. The molecule has 0 N–H and O–H groups in total. The van der Waals surface area contributed by atoms with Gasteiger partial charge in [-0.05, 0) is 11.1 Å². The predicted octanol–water partition coefficient (Wildman–Crippen LogP) is 2.93. The van der Waals surface area contributed by atoms with Crippen molar-refractivity contribution in [1.29, 1.82) is 0 Å². The van der Waals surface area contributed by atoms with Crippen molar-refractivity contribution in [3.8, 4) is 11.1 Å². The molecule has 4 rings (SSSR count). The summed E-state index contributed by atoms with van der Waals surface area (Å²) in [6.07, 6.45) is 6.37. The third-order valence-electron chi connectivity index (χ3n) is 3.89. The van der Waals surface area contributed by atoms with E-state index in [1.807, 2.05) is 0 Å². The van der Waals surface area contributed by atoms with Crippen LogP contribution in [0.15, 0.2) is 67.3 Å². The van der Waals surface area contributed by atoms with E-state index < -0.39 is 0 Å². The van der Waals surface area contributed by atoms with Crippen LogP contribution < -0.4 is 4.57 Å². The quantitative estimate of drug-likeness (QED) is 0.457. The lowest BCUT2D eigenvalue weighted by Gasteiger charge is -2.09. The molecule has 2 heteroatoms. The third kappa shape index (κ3) is 1.46. The van der Waals surface area contributed by atoms with Gasteiger partial charge in [0.15, 0.2) is 6.04 Å². The number of hydrogen-bond donors (Lipinski definition) is 0. The molecule has 92 valence electrons. The molecular weight excluding hydrogens is 232 g/mol. The van der Waals surface area contributed by atoms with Gasteiger partial charge in [0.1, 0.15) is 12.4 Å². The minimum Gasteiger partial charge on any atom is -0.240 e. The zero-order valence-electron chi connectivity index (χ0n) is 10.8. The van der Waals surface area contributed by atoms with Gasteiger partial charge in [-0.2, -0.15) is 0 Å². The number of imidazole rings is 1. The first-order valence-electron chi connectivity index (χ1n) is 6.55. The minimum atomic E-state index is 0.300. The number of nitrogens with zero attached hydrogens (tertiary/aromatic N) is 2. The molecule has 0 amide bonds. The highest BCUT2D eigenvalue weighted by atomic mass is 15.1. The first-order chi connectivity index (χ1) is 9.34. The van der Waals surface area contributed by atoms with Crippen LogP contribution in [0.4, 0.5) is 0 Å². The topological polar surface area (TPSA) is 8.81 Å². The van der Waals surface area contributed by atoms with E-state index in [-0.39, 0.29) is 0 Å². The number of rotatable bonds is 1. The largest absolute Gasteiger partial charge is 0.244 e. The molecule has 0 atom stereocenters. The smallest absolute Gasteiger partial charge is 0.240 e. The fourth-order valence-corrected chi connectivity index (χ4v) is 3.07. The Kier molecular flexibility index (Phi) is 2.12. The van der Waals surface area contributed by atoms with E-state index in [9.17, 15) is 0 Å². The van der Waals surface area contributed by atoms with E-state index in [1.165, 1.54) is 22.3 Å². The molecule has 0 aliphatic heterocycles. The first kappa shape index (κ1) is 10.6. The van der Waals surface area contributed by atoms with Crippen molar-refractivity contribution in [2.45, 2.75) is 6.04 Å². The van der Waals surface area contributed by atoms with Crippen molar-refractivity contribution in [2.75, 3.05) is 0 Å². The fourth-order valence-electron chi connectivity index (χ4n) is 3.07. The monoisotopic (exact) mass is 247 g/mol. The standard InChI is InChI=1S/C17H15N2/c1-18-10-11-19(12-18)17-15-8-4-2-6-13(15)14-7-3-5-9-16(14)17/h2-12,17H,1H3/q+1. The average molecular weight is 247 g/mol. The highest BCUT2D eigenvalue weighted by molar-refractivity contribution is 5.78. The molecule has 2 aromatic carbocycles. The van der Waals surface area contributed by atoms with E-state index in [0.29, 0.717) is 6.04 Å². The van der Waals surface area contributed by atoms with Crippen LogP contribution in [-0.4, -0.2) is 4.57 Å². The second-order valence-electron chi connectivity index (χ2n) is 5.10. The first-order valence-corrected chi connectivity index (χ1v) is 6.55. The summed E-state index contributed by atoms with van der Waals surface area (Å²) in [6.45, 7) is 0. The normalized spacial score (nSPS) is 13.3. The van der Waals surface area contributed by atoms with Crippen molar-refractivity contribution in [1.82, 2.24) is 4.57 Å². The van der Waals surface area contributed by atoms with E-state index in [1.54, 1.807) is 0 Å². The van der Waals surface area contributed by atoms with Gasteiger partial charge < -0.3 is 0 Å². The summed E-state index contributed by atoms with van der Waals surface area (Å²) in [5.74, 6) is 0. The molecule has 3 aromatic rings. The lowest BCUT2D eigenvalue weighted by Crippen LogP contribution is -2.24. The Morgan fingerprint density at radius 2 is 1.47 bits per heavy atom. The maximum absolute atomic E-state index is 2.28. The van der Waals surface area contributed by atoms with Gasteiger partial charge >= 0.3 is 0 Å². The van der Waals surface area contributed by atoms with Crippen LogP contribution in [0.25, 0.3) is 11.1 Å². The van der Waals surface area contributed by atoms with Crippen molar-refractivity contribution in [3.63, 3.8) is 0 Å². The lowest BCUT2D eigenvalue weighted by atomic mass is 10.1. The van der Waals surface area contributed by atoms with Gasteiger partial charge in [0.2, 0.25) is 6.33 Å². The third-order valence-corrected chi connectivity index (χ3v) is 3.89. The number of hydrogen-bond acceptors (Lipinski definition) is 0. The maximum Gasteiger partial charge on any atom is 0.244 e. The van der Waals surface area contributed by atoms with Crippen molar-refractivity contribution >= 4 is 0 Å². The second-order valence-corrected chi connectivity index (χ2v) is 5.10. The van der Waals surface area contributed by atoms with E-state index in [0.717, 1.165) is 0 Å². The average Bonchev–Trinajstić information content (AvgIpc) is 3.00. The van der Waals surface area contributed by atoms with Crippen LogP contribution in [0.5, 0.6) is 0 Å². The maximum atomic E-state index is 2.28. The van der Waals surface area contributed by atoms with Crippen LogP contribution in [0, 0.1) is 0 Å². The minimum absolute atomic E-state index is 0.300. The van der Waals surface area contributed by atoms with Gasteiger partial charge in [0, 0.05) is 11.1 Å². The van der Waals surface area contributed by atoms with Gasteiger partial charge in [-0.3, -0.25) is 0 Å². The Bertz CT molecular complexity index is 710. The molecule has 1 aliphatic carbocycles. The van der Waals surface area contributed by atoms with Crippen LogP contribution >= 0.6 is 0 Å².